The molecule has 0 bridgehead atoms. The van der Waals surface area contributed by atoms with E-state index in [1.165, 1.54) is 43.6 Å². The molecule has 0 unspecified atom stereocenters. The van der Waals surface area contributed by atoms with Gasteiger partial charge < -0.3 is 9.64 Å². The molecule has 0 spiro atoms. The van der Waals surface area contributed by atoms with Gasteiger partial charge in [-0.25, -0.2) is 0 Å². The van der Waals surface area contributed by atoms with Crippen molar-refractivity contribution < 1.29 is 4.74 Å². The predicted molar refractivity (Wildman–Crippen MR) is 108 cm³/mol. The van der Waals surface area contributed by atoms with Crippen LogP contribution in [0, 0.1) is 0 Å². The van der Waals surface area contributed by atoms with Crippen molar-refractivity contribution in [3.05, 3.63) is 71.8 Å². The largest absolute Gasteiger partial charge is 0.367 e. The van der Waals surface area contributed by atoms with Crippen molar-refractivity contribution in [2.75, 3.05) is 45.9 Å². The summed E-state index contributed by atoms with van der Waals surface area (Å²) >= 11 is 0. The molecule has 0 amide bonds. The Morgan fingerprint density at radius 2 is 1.27 bits per heavy atom. The van der Waals surface area contributed by atoms with Crippen LogP contribution in [0.4, 0.5) is 0 Å². The second-order valence-electron chi connectivity index (χ2n) is 7.11. The lowest BCUT2D eigenvalue weighted by molar-refractivity contribution is 0.0451. The van der Waals surface area contributed by atoms with Gasteiger partial charge in [-0.15, -0.1) is 0 Å². The molecule has 0 atom stereocenters. The van der Waals surface area contributed by atoms with Crippen LogP contribution in [0.1, 0.15) is 37.0 Å². The van der Waals surface area contributed by atoms with E-state index in [0.29, 0.717) is 0 Å². The zero-order chi connectivity index (χ0) is 18.0. The minimum Gasteiger partial charge on any atom is -0.367 e. The van der Waals surface area contributed by atoms with Gasteiger partial charge in [0, 0.05) is 32.7 Å². The van der Waals surface area contributed by atoms with Crippen LogP contribution in [0.25, 0.3) is 0 Å². The number of hydrogen-bond acceptors (Lipinski definition) is 3. The van der Waals surface area contributed by atoms with E-state index in [9.17, 15) is 0 Å². The van der Waals surface area contributed by atoms with E-state index in [2.05, 4.69) is 77.4 Å². The maximum absolute atomic E-state index is 6.35. The summed E-state index contributed by atoms with van der Waals surface area (Å²) in [7, 11) is 0. The molecule has 1 saturated heterocycles. The zero-order valence-corrected chi connectivity index (χ0v) is 16.0. The fraction of sp³-hybridized carbons (Fsp3) is 0.478. The highest BCUT2D eigenvalue weighted by atomic mass is 16.5. The van der Waals surface area contributed by atoms with Gasteiger partial charge in [-0.3, -0.25) is 4.90 Å². The van der Waals surface area contributed by atoms with Crippen molar-refractivity contribution in [3.8, 4) is 0 Å². The van der Waals surface area contributed by atoms with Crippen molar-refractivity contribution in [2.45, 2.75) is 25.9 Å². The highest BCUT2D eigenvalue weighted by molar-refractivity contribution is 5.29. The summed E-state index contributed by atoms with van der Waals surface area (Å²) in [6.07, 6.45) is 2.62. The fourth-order valence-corrected chi connectivity index (χ4v) is 3.56. The highest BCUT2D eigenvalue weighted by Gasteiger charge is 2.18. The van der Waals surface area contributed by atoms with Gasteiger partial charge in [-0.05, 0) is 24.1 Å². The highest BCUT2D eigenvalue weighted by Crippen LogP contribution is 2.25. The van der Waals surface area contributed by atoms with Crippen LogP contribution < -0.4 is 0 Å². The van der Waals surface area contributed by atoms with Crippen LogP contribution in [0.15, 0.2) is 60.7 Å². The molecule has 3 rings (SSSR count). The van der Waals surface area contributed by atoms with E-state index in [1.807, 2.05) is 0 Å². The molecular formula is C23H32N2O. The third-order valence-corrected chi connectivity index (χ3v) is 5.19. The molecule has 2 aromatic rings. The van der Waals surface area contributed by atoms with Crippen molar-refractivity contribution in [1.29, 1.82) is 0 Å². The maximum Gasteiger partial charge on any atom is 0.108 e. The Morgan fingerprint density at radius 3 is 1.77 bits per heavy atom. The minimum absolute atomic E-state index is 0.0169. The first-order chi connectivity index (χ1) is 12.9. The molecule has 0 saturated carbocycles. The smallest absolute Gasteiger partial charge is 0.108 e. The number of benzene rings is 2. The number of rotatable bonds is 9. The lowest BCUT2D eigenvalue weighted by Crippen LogP contribution is -2.47. The molecule has 3 heteroatoms. The van der Waals surface area contributed by atoms with Crippen LogP contribution in [-0.4, -0.2) is 55.7 Å². The summed E-state index contributed by atoms with van der Waals surface area (Å²) in [5.74, 6) is 0. The van der Waals surface area contributed by atoms with E-state index < -0.39 is 0 Å². The lowest BCUT2D eigenvalue weighted by Gasteiger charge is -2.34. The number of ether oxygens (including phenoxy) is 1. The second-order valence-corrected chi connectivity index (χ2v) is 7.11. The minimum atomic E-state index is 0.0169. The Kier molecular flexibility index (Phi) is 7.68. The van der Waals surface area contributed by atoms with Gasteiger partial charge in [0.2, 0.25) is 0 Å². The lowest BCUT2D eigenvalue weighted by atomic mass is 10.0. The SMILES string of the molecule is CCCCN1CCN(CCOC(c2ccccc2)c2ccccc2)CC1. The molecule has 0 N–H and O–H groups in total. The molecule has 0 aliphatic carbocycles. The topological polar surface area (TPSA) is 15.7 Å². The molecule has 26 heavy (non-hydrogen) atoms. The number of nitrogens with zero attached hydrogens (tertiary/aromatic N) is 2. The van der Waals surface area contributed by atoms with Gasteiger partial charge >= 0.3 is 0 Å². The molecule has 140 valence electrons. The first-order valence-electron chi connectivity index (χ1n) is 10.0. The number of piperazine rings is 1. The Morgan fingerprint density at radius 1 is 0.769 bits per heavy atom. The van der Waals surface area contributed by atoms with E-state index in [4.69, 9.17) is 4.74 Å². The molecule has 1 aliphatic heterocycles. The fourth-order valence-electron chi connectivity index (χ4n) is 3.56. The predicted octanol–water partition coefficient (Wildman–Crippen LogP) is 4.21. The molecule has 2 aromatic carbocycles. The van der Waals surface area contributed by atoms with Gasteiger partial charge in [0.25, 0.3) is 0 Å². The Hall–Kier alpha value is -1.68. The Bertz CT molecular complexity index is 569. The summed E-state index contributed by atoms with van der Waals surface area (Å²) in [6.45, 7) is 10.0. The Balaban J connectivity index is 1.50. The molecule has 0 radical (unpaired) electrons. The first kappa shape index (κ1) is 19.1. The van der Waals surface area contributed by atoms with Crippen molar-refractivity contribution >= 4 is 0 Å². The standard InChI is InChI=1S/C23H32N2O/c1-2-3-14-24-15-17-25(18-16-24)19-20-26-23(21-10-6-4-7-11-21)22-12-8-5-9-13-22/h4-13,23H,2-3,14-20H2,1H3. The zero-order valence-electron chi connectivity index (χ0n) is 16.0. The molecule has 0 aromatic heterocycles. The van der Waals surface area contributed by atoms with Crippen LogP contribution in [0.5, 0.6) is 0 Å². The Labute approximate surface area is 158 Å². The van der Waals surface area contributed by atoms with E-state index in [1.54, 1.807) is 0 Å². The van der Waals surface area contributed by atoms with Crippen molar-refractivity contribution in [3.63, 3.8) is 0 Å². The quantitative estimate of drug-likeness (QED) is 0.672. The monoisotopic (exact) mass is 352 g/mol. The average molecular weight is 353 g/mol. The van der Waals surface area contributed by atoms with Crippen LogP contribution in [0.3, 0.4) is 0 Å². The molecular weight excluding hydrogens is 320 g/mol. The molecule has 1 heterocycles. The van der Waals surface area contributed by atoms with Gasteiger partial charge in [-0.2, -0.15) is 0 Å². The summed E-state index contributed by atoms with van der Waals surface area (Å²) in [5.41, 5.74) is 2.45. The van der Waals surface area contributed by atoms with Gasteiger partial charge in [-0.1, -0.05) is 74.0 Å². The molecule has 1 aliphatic rings. The first-order valence-corrected chi connectivity index (χ1v) is 10.0. The molecule has 3 nitrogen and oxygen atoms in total. The van der Waals surface area contributed by atoms with Gasteiger partial charge in [0.1, 0.15) is 6.10 Å². The van der Waals surface area contributed by atoms with E-state index in [-0.39, 0.29) is 6.10 Å². The van der Waals surface area contributed by atoms with E-state index >= 15 is 0 Å². The summed E-state index contributed by atoms with van der Waals surface area (Å²) in [6, 6.07) is 21.1. The van der Waals surface area contributed by atoms with Gasteiger partial charge in [0.15, 0.2) is 0 Å². The molecule has 1 fully saturated rings. The van der Waals surface area contributed by atoms with Crippen LogP contribution in [0.2, 0.25) is 0 Å². The maximum atomic E-state index is 6.35. The van der Waals surface area contributed by atoms with E-state index in [0.717, 1.165) is 26.2 Å². The normalized spacial score (nSPS) is 16.2. The summed E-state index contributed by atoms with van der Waals surface area (Å²) in [4.78, 5) is 5.13. The number of unbranched alkanes of at least 4 members (excludes halogenated alkanes) is 1. The third-order valence-electron chi connectivity index (χ3n) is 5.19. The average Bonchev–Trinajstić information content (AvgIpc) is 2.72. The second kappa shape index (κ2) is 10.5. The van der Waals surface area contributed by atoms with Crippen LogP contribution in [-0.2, 0) is 4.74 Å². The van der Waals surface area contributed by atoms with Crippen molar-refractivity contribution in [1.82, 2.24) is 9.80 Å². The summed E-state index contributed by atoms with van der Waals surface area (Å²) < 4.78 is 6.35. The number of hydrogen-bond donors (Lipinski definition) is 0. The van der Waals surface area contributed by atoms with Crippen LogP contribution >= 0.6 is 0 Å². The summed E-state index contributed by atoms with van der Waals surface area (Å²) in [5, 5.41) is 0. The van der Waals surface area contributed by atoms with Crippen molar-refractivity contribution in [2.24, 2.45) is 0 Å². The third kappa shape index (κ3) is 5.66. The van der Waals surface area contributed by atoms with Gasteiger partial charge in [0.05, 0.1) is 6.61 Å².